The number of aliphatic hydroxyl groups is 5. The molecule has 0 aromatic heterocycles. The predicted molar refractivity (Wildman–Crippen MR) is 212 cm³/mol. The molecular formula is C41H79O13P. The van der Waals surface area contributed by atoms with Gasteiger partial charge in [-0.05, 0) is 12.8 Å². The zero-order valence-corrected chi connectivity index (χ0v) is 35.1. The first-order chi connectivity index (χ1) is 26.4. The summed E-state index contributed by atoms with van der Waals surface area (Å²) in [5, 5.41) is 50.0. The molecule has 0 aromatic rings. The van der Waals surface area contributed by atoms with Crippen molar-refractivity contribution >= 4 is 19.8 Å². The number of carbonyl (C=O) groups is 2. The molecule has 1 aliphatic rings. The van der Waals surface area contributed by atoms with E-state index in [0.29, 0.717) is 12.8 Å². The second-order valence-electron chi connectivity index (χ2n) is 15.6. The minimum absolute atomic E-state index is 0.104. The lowest BCUT2D eigenvalue weighted by atomic mass is 9.85. The van der Waals surface area contributed by atoms with Crippen molar-refractivity contribution in [2.75, 3.05) is 13.2 Å². The standard InChI is InChI=1S/C41H79O13P/c1-3-5-7-9-11-13-15-17-18-20-22-24-26-28-30-35(43)53-33(31-51-34(42)29-27-25-23-21-19-16-14-12-10-8-6-4-2)32-52-55(49,50)54-41-39(47)37(45)36(44)38(46)40(41)48/h33,36-41,44-48H,3-32H2,1-2H3,(H,49,50). The first-order valence-electron chi connectivity index (χ1n) is 21.8. The molecule has 0 amide bonds. The molecule has 6 atom stereocenters. The summed E-state index contributed by atoms with van der Waals surface area (Å²) in [6, 6.07) is 0. The monoisotopic (exact) mass is 811 g/mol. The van der Waals surface area contributed by atoms with Gasteiger partial charge in [0, 0.05) is 12.8 Å². The van der Waals surface area contributed by atoms with E-state index in [2.05, 4.69) is 13.8 Å². The average Bonchev–Trinajstić information content (AvgIpc) is 3.16. The van der Waals surface area contributed by atoms with Crippen LogP contribution in [0, 0.1) is 0 Å². The van der Waals surface area contributed by atoms with E-state index in [1.165, 1.54) is 116 Å². The highest BCUT2D eigenvalue weighted by Crippen LogP contribution is 2.47. The first-order valence-corrected chi connectivity index (χ1v) is 23.3. The Morgan fingerprint density at radius 3 is 1.20 bits per heavy atom. The lowest BCUT2D eigenvalue weighted by Gasteiger charge is -2.41. The molecule has 0 spiro atoms. The highest BCUT2D eigenvalue weighted by molar-refractivity contribution is 7.47. The Morgan fingerprint density at radius 1 is 0.491 bits per heavy atom. The van der Waals surface area contributed by atoms with Crippen molar-refractivity contribution in [3.05, 3.63) is 0 Å². The number of phosphoric ester groups is 1. The fourth-order valence-corrected chi connectivity index (χ4v) is 7.85. The summed E-state index contributed by atoms with van der Waals surface area (Å²) in [6.07, 6.45) is 17.4. The molecule has 0 aliphatic heterocycles. The minimum Gasteiger partial charge on any atom is -0.462 e. The van der Waals surface area contributed by atoms with Gasteiger partial charge in [0.05, 0.1) is 6.61 Å². The average molecular weight is 811 g/mol. The molecule has 55 heavy (non-hydrogen) atoms. The summed E-state index contributed by atoms with van der Waals surface area (Å²) in [5.41, 5.74) is 0. The molecule has 326 valence electrons. The van der Waals surface area contributed by atoms with Crippen molar-refractivity contribution < 1.29 is 63.1 Å². The lowest BCUT2D eigenvalue weighted by molar-refractivity contribution is -0.220. The van der Waals surface area contributed by atoms with Crippen LogP contribution in [0.2, 0.25) is 0 Å². The number of phosphoric acid groups is 1. The van der Waals surface area contributed by atoms with Gasteiger partial charge in [-0.15, -0.1) is 0 Å². The lowest BCUT2D eigenvalue weighted by Crippen LogP contribution is -2.64. The van der Waals surface area contributed by atoms with Gasteiger partial charge < -0.3 is 39.9 Å². The molecule has 14 heteroatoms. The number of hydrogen-bond acceptors (Lipinski definition) is 12. The van der Waals surface area contributed by atoms with Crippen LogP contribution in [-0.2, 0) is 32.7 Å². The number of hydrogen-bond donors (Lipinski definition) is 6. The molecule has 1 fully saturated rings. The van der Waals surface area contributed by atoms with Crippen LogP contribution in [0.5, 0.6) is 0 Å². The van der Waals surface area contributed by atoms with E-state index in [-0.39, 0.29) is 12.8 Å². The van der Waals surface area contributed by atoms with Gasteiger partial charge in [-0.1, -0.05) is 168 Å². The quantitative estimate of drug-likeness (QED) is 0.0204. The number of ether oxygens (including phenoxy) is 2. The van der Waals surface area contributed by atoms with Gasteiger partial charge in [0.1, 0.15) is 43.2 Å². The summed E-state index contributed by atoms with van der Waals surface area (Å²) in [7, 11) is -5.10. The number of esters is 2. The molecule has 1 saturated carbocycles. The Morgan fingerprint density at radius 2 is 0.818 bits per heavy atom. The molecule has 0 heterocycles. The summed E-state index contributed by atoms with van der Waals surface area (Å²) in [4.78, 5) is 35.6. The zero-order valence-electron chi connectivity index (χ0n) is 34.2. The summed E-state index contributed by atoms with van der Waals surface area (Å²) in [6.45, 7) is 3.29. The van der Waals surface area contributed by atoms with Crippen molar-refractivity contribution in [3.63, 3.8) is 0 Å². The Hall–Kier alpha value is -1.15. The van der Waals surface area contributed by atoms with Crippen LogP contribution in [0.15, 0.2) is 0 Å². The Bertz CT molecular complexity index is 985. The van der Waals surface area contributed by atoms with Gasteiger partial charge in [0.15, 0.2) is 6.10 Å². The molecule has 6 unspecified atom stereocenters. The summed E-state index contributed by atoms with van der Waals surface area (Å²) >= 11 is 0. The minimum atomic E-state index is -5.10. The molecule has 0 radical (unpaired) electrons. The van der Waals surface area contributed by atoms with Crippen molar-refractivity contribution in [3.8, 4) is 0 Å². The molecule has 0 aromatic carbocycles. The fraction of sp³-hybridized carbons (Fsp3) is 0.951. The SMILES string of the molecule is CCCCCCCCCCCCCCCCC(=O)OC(COC(=O)CCCCCCCCCCCCCC)COP(=O)(O)OC1C(O)C(O)C(O)C(O)C1O. The van der Waals surface area contributed by atoms with Crippen LogP contribution in [0.1, 0.15) is 194 Å². The third kappa shape index (κ3) is 25.7. The molecule has 1 rings (SSSR count). The van der Waals surface area contributed by atoms with Gasteiger partial charge in [-0.2, -0.15) is 0 Å². The number of aliphatic hydroxyl groups excluding tert-OH is 5. The van der Waals surface area contributed by atoms with Crippen LogP contribution in [0.4, 0.5) is 0 Å². The molecular weight excluding hydrogens is 731 g/mol. The topological polar surface area (TPSA) is 210 Å². The maximum atomic E-state index is 12.8. The van der Waals surface area contributed by atoms with Crippen LogP contribution >= 0.6 is 7.82 Å². The second kappa shape index (κ2) is 32.8. The van der Waals surface area contributed by atoms with E-state index >= 15 is 0 Å². The van der Waals surface area contributed by atoms with Crippen molar-refractivity contribution in [1.82, 2.24) is 0 Å². The van der Waals surface area contributed by atoms with Gasteiger partial charge >= 0.3 is 19.8 Å². The van der Waals surface area contributed by atoms with Gasteiger partial charge in [-0.3, -0.25) is 18.6 Å². The number of unbranched alkanes of at least 4 members (excludes halogenated alkanes) is 24. The van der Waals surface area contributed by atoms with Gasteiger partial charge in [0.25, 0.3) is 0 Å². The van der Waals surface area contributed by atoms with Crippen LogP contribution in [0.25, 0.3) is 0 Å². The van der Waals surface area contributed by atoms with Crippen molar-refractivity contribution in [1.29, 1.82) is 0 Å². The first kappa shape index (κ1) is 51.9. The van der Waals surface area contributed by atoms with Crippen LogP contribution in [0.3, 0.4) is 0 Å². The molecule has 6 N–H and O–H groups in total. The third-order valence-corrected chi connectivity index (χ3v) is 11.4. The van der Waals surface area contributed by atoms with Crippen molar-refractivity contribution in [2.45, 2.75) is 236 Å². The maximum Gasteiger partial charge on any atom is 0.472 e. The molecule has 0 saturated heterocycles. The van der Waals surface area contributed by atoms with E-state index in [4.69, 9.17) is 18.5 Å². The number of carbonyl (C=O) groups excluding carboxylic acids is 2. The molecule has 1 aliphatic carbocycles. The van der Waals surface area contributed by atoms with E-state index in [1.54, 1.807) is 0 Å². The van der Waals surface area contributed by atoms with Gasteiger partial charge in [-0.25, -0.2) is 4.57 Å². The van der Waals surface area contributed by atoms with Gasteiger partial charge in [0.2, 0.25) is 0 Å². The molecule has 13 nitrogen and oxygen atoms in total. The Labute approximate surface area is 331 Å². The normalized spacial score (nSPS) is 23.0. The van der Waals surface area contributed by atoms with E-state index in [9.17, 15) is 44.6 Å². The zero-order chi connectivity index (χ0) is 40.7. The Balaban J connectivity index is 2.48. The number of rotatable bonds is 36. The smallest absolute Gasteiger partial charge is 0.462 e. The molecule has 0 bridgehead atoms. The summed E-state index contributed by atoms with van der Waals surface area (Å²) < 4.78 is 33.4. The highest BCUT2D eigenvalue weighted by Gasteiger charge is 2.51. The predicted octanol–water partition coefficient (Wildman–Crippen LogP) is 7.72. The van der Waals surface area contributed by atoms with Crippen LogP contribution in [-0.4, -0.2) is 98.3 Å². The fourth-order valence-electron chi connectivity index (χ4n) is 6.88. The largest absolute Gasteiger partial charge is 0.472 e. The maximum absolute atomic E-state index is 12.8. The second-order valence-corrected chi connectivity index (χ2v) is 17.0. The highest BCUT2D eigenvalue weighted by atomic mass is 31.2. The Kier molecular flexibility index (Phi) is 30.9. The van der Waals surface area contributed by atoms with Crippen LogP contribution < -0.4 is 0 Å². The summed E-state index contributed by atoms with van der Waals surface area (Å²) in [5.74, 6) is -1.09. The third-order valence-electron chi connectivity index (χ3n) is 10.4. The van der Waals surface area contributed by atoms with E-state index < -0.39 is 75.7 Å². The van der Waals surface area contributed by atoms with Crippen molar-refractivity contribution in [2.24, 2.45) is 0 Å². The van der Waals surface area contributed by atoms with E-state index in [1.807, 2.05) is 0 Å². The van der Waals surface area contributed by atoms with E-state index in [0.717, 1.165) is 38.5 Å².